The van der Waals surface area contributed by atoms with Crippen LogP contribution in [0.5, 0.6) is 0 Å². The van der Waals surface area contributed by atoms with E-state index in [0.29, 0.717) is 13.0 Å². The zero-order valence-corrected chi connectivity index (χ0v) is 16.9. The summed E-state index contributed by atoms with van der Waals surface area (Å²) in [7, 11) is -3.88. The number of sulfonamides is 1. The first-order valence-electron chi connectivity index (χ1n) is 8.21. The number of benzene rings is 1. The second-order valence-corrected chi connectivity index (χ2v) is 8.41. The average molecular weight is 428 g/mol. The Kier molecular flexibility index (Phi) is 8.75. The van der Waals surface area contributed by atoms with E-state index in [-0.39, 0.29) is 59.3 Å². The quantitative estimate of drug-likeness (QED) is 0.727. The third kappa shape index (κ3) is 5.29. The number of amides is 1. The lowest BCUT2D eigenvalue weighted by molar-refractivity contribution is -0.121. The molecule has 1 saturated heterocycles. The van der Waals surface area contributed by atoms with E-state index in [1.807, 2.05) is 0 Å². The van der Waals surface area contributed by atoms with Gasteiger partial charge in [0.25, 0.3) is 0 Å². The fraction of sp³-hybridized carbons (Fsp3) is 0.562. The number of carbonyl (C=O) groups is 1. The van der Waals surface area contributed by atoms with Gasteiger partial charge in [0.2, 0.25) is 15.9 Å². The van der Waals surface area contributed by atoms with Crippen LogP contribution in [0.1, 0.15) is 31.2 Å². The van der Waals surface area contributed by atoms with Gasteiger partial charge in [-0.15, -0.1) is 12.4 Å². The molecule has 10 heteroatoms. The molecule has 6 nitrogen and oxygen atoms in total. The Balaban J connectivity index is 0.00000338. The largest absolute Gasteiger partial charge is 0.354 e. The van der Waals surface area contributed by atoms with Crippen LogP contribution in [0.2, 0.25) is 5.02 Å². The molecule has 1 aliphatic rings. The number of halogens is 3. The van der Waals surface area contributed by atoms with Gasteiger partial charge in [-0.2, -0.15) is 4.31 Å². The maximum Gasteiger partial charge on any atom is 0.244 e. The Bertz CT molecular complexity index is 747. The standard InChI is InChI=1S/C16H23ClFN3O3S.ClH/c1-11-8-15(13(17)9-14(11)18)25(23,24)21-7-3-2-4-12(21)10-20-16(22)5-6-19;/h8-9,12H,2-7,10,19H2,1H3,(H,20,22);1H. The molecule has 0 aromatic heterocycles. The number of hydrogen-bond donors (Lipinski definition) is 2. The van der Waals surface area contributed by atoms with Gasteiger partial charge < -0.3 is 11.1 Å². The summed E-state index contributed by atoms with van der Waals surface area (Å²) in [6, 6.07) is 1.92. The van der Waals surface area contributed by atoms with Gasteiger partial charge in [0.1, 0.15) is 10.7 Å². The van der Waals surface area contributed by atoms with Crippen LogP contribution in [-0.4, -0.2) is 44.3 Å². The molecule has 2 rings (SSSR count). The molecule has 1 aromatic carbocycles. The molecule has 1 amide bonds. The van der Waals surface area contributed by atoms with Gasteiger partial charge in [-0.05, 0) is 37.5 Å². The van der Waals surface area contributed by atoms with Gasteiger partial charge in [-0.25, -0.2) is 12.8 Å². The molecule has 1 unspecified atom stereocenters. The minimum absolute atomic E-state index is 0. The van der Waals surface area contributed by atoms with Crippen molar-refractivity contribution in [1.82, 2.24) is 9.62 Å². The highest BCUT2D eigenvalue weighted by atomic mass is 35.5. The Labute approximate surface area is 164 Å². The number of hydrogen-bond acceptors (Lipinski definition) is 4. The Hall–Kier alpha value is -0.930. The minimum Gasteiger partial charge on any atom is -0.354 e. The molecule has 1 heterocycles. The highest BCUT2D eigenvalue weighted by Gasteiger charge is 2.35. The lowest BCUT2D eigenvalue weighted by Crippen LogP contribution is -2.49. The molecule has 1 fully saturated rings. The van der Waals surface area contributed by atoms with E-state index in [1.54, 1.807) is 0 Å². The van der Waals surface area contributed by atoms with E-state index in [4.69, 9.17) is 17.3 Å². The van der Waals surface area contributed by atoms with Gasteiger partial charge in [-0.1, -0.05) is 18.0 Å². The Morgan fingerprint density at radius 2 is 2.12 bits per heavy atom. The second-order valence-electron chi connectivity index (χ2n) is 6.14. The summed E-state index contributed by atoms with van der Waals surface area (Å²) in [6.45, 7) is 2.29. The van der Waals surface area contributed by atoms with Gasteiger partial charge in [0, 0.05) is 32.1 Å². The monoisotopic (exact) mass is 427 g/mol. The van der Waals surface area contributed by atoms with E-state index in [1.165, 1.54) is 17.3 Å². The summed E-state index contributed by atoms with van der Waals surface area (Å²) in [6.07, 6.45) is 2.44. The smallest absolute Gasteiger partial charge is 0.244 e. The summed E-state index contributed by atoms with van der Waals surface area (Å²) in [4.78, 5) is 11.5. The van der Waals surface area contributed by atoms with Crippen molar-refractivity contribution < 1.29 is 17.6 Å². The summed E-state index contributed by atoms with van der Waals surface area (Å²) in [5, 5.41) is 2.58. The molecular weight excluding hydrogens is 404 g/mol. The second kappa shape index (κ2) is 9.85. The Morgan fingerprint density at radius 1 is 1.42 bits per heavy atom. The molecule has 0 radical (unpaired) electrons. The van der Waals surface area contributed by atoms with Crippen molar-refractivity contribution in [3.63, 3.8) is 0 Å². The van der Waals surface area contributed by atoms with Crippen LogP contribution in [-0.2, 0) is 14.8 Å². The third-order valence-corrected chi connectivity index (χ3v) is 6.70. The molecule has 0 spiro atoms. The fourth-order valence-corrected chi connectivity index (χ4v) is 5.17. The zero-order chi connectivity index (χ0) is 18.6. The van der Waals surface area contributed by atoms with E-state index >= 15 is 0 Å². The number of aryl methyl sites for hydroxylation is 1. The van der Waals surface area contributed by atoms with Crippen molar-refractivity contribution in [2.45, 2.75) is 43.5 Å². The summed E-state index contributed by atoms with van der Waals surface area (Å²) in [5.41, 5.74) is 5.56. The normalized spacial score (nSPS) is 18.2. The predicted octanol–water partition coefficient (Wildman–Crippen LogP) is 2.22. The number of nitrogens with zero attached hydrogens (tertiary/aromatic N) is 1. The third-order valence-electron chi connectivity index (χ3n) is 4.28. The maximum absolute atomic E-state index is 13.6. The van der Waals surface area contributed by atoms with Crippen molar-refractivity contribution in [1.29, 1.82) is 0 Å². The van der Waals surface area contributed by atoms with Crippen LogP contribution >= 0.6 is 24.0 Å². The fourth-order valence-electron chi connectivity index (χ4n) is 2.90. The molecular formula is C16H24Cl2FN3O3S. The first-order valence-corrected chi connectivity index (χ1v) is 10.0. The molecule has 1 aromatic rings. The van der Waals surface area contributed by atoms with E-state index in [0.717, 1.165) is 18.9 Å². The average Bonchev–Trinajstić information content (AvgIpc) is 2.56. The predicted molar refractivity (Wildman–Crippen MR) is 102 cm³/mol. The molecule has 0 aliphatic carbocycles. The highest BCUT2D eigenvalue weighted by Crippen LogP contribution is 2.31. The number of piperidine rings is 1. The first kappa shape index (κ1) is 23.1. The van der Waals surface area contributed by atoms with Crippen LogP contribution in [0.3, 0.4) is 0 Å². The maximum atomic E-state index is 13.6. The first-order chi connectivity index (χ1) is 11.8. The molecule has 3 N–H and O–H groups in total. The van der Waals surface area contributed by atoms with Crippen molar-refractivity contribution >= 4 is 39.9 Å². The lowest BCUT2D eigenvalue weighted by atomic mass is 10.1. The van der Waals surface area contributed by atoms with Crippen LogP contribution in [0, 0.1) is 12.7 Å². The van der Waals surface area contributed by atoms with Gasteiger partial charge in [-0.3, -0.25) is 4.79 Å². The number of nitrogens with one attached hydrogen (secondary N) is 1. The van der Waals surface area contributed by atoms with Crippen molar-refractivity contribution in [2.75, 3.05) is 19.6 Å². The molecule has 1 atom stereocenters. The van der Waals surface area contributed by atoms with Gasteiger partial charge in [0.15, 0.2) is 0 Å². The van der Waals surface area contributed by atoms with E-state index in [9.17, 15) is 17.6 Å². The van der Waals surface area contributed by atoms with Crippen LogP contribution in [0.15, 0.2) is 17.0 Å². The van der Waals surface area contributed by atoms with E-state index < -0.39 is 15.8 Å². The summed E-state index contributed by atoms with van der Waals surface area (Å²) >= 11 is 5.99. The molecule has 0 bridgehead atoms. The number of rotatable bonds is 6. The van der Waals surface area contributed by atoms with E-state index in [2.05, 4.69) is 5.32 Å². The SMILES string of the molecule is Cc1cc(S(=O)(=O)N2CCCCC2CNC(=O)CCN)c(Cl)cc1F.Cl. The minimum atomic E-state index is -3.88. The number of nitrogens with two attached hydrogens (primary N) is 1. The van der Waals surface area contributed by atoms with Crippen molar-refractivity contribution in [2.24, 2.45) is 5.73 Å². The number of carbonyl (C=O) groups excluding carboxylic acids is 1. The zero-order valence-electron chi connectivity index (χ0n) is 14.5. The topological polar surface area (TPSA) is 92.5 Å². The summed E-state index contributed by atoms with van der Waals surface area (Å²) in [5.74, 6) is -0.755. The molecule has 0 saturated carbocycles. The van der Waals surface area contributed by atoms with Crippen LogP contribution in [0.25, 0.3) is 0 Å². The van der Waals surface area contributed by atoms with Crippen LogP contribution < -0.4 is 11.1 Å². The lowest BCUT2D eigenvalue weighted by Gasteiger charge is -2.35. The van der Waals surface area contributed by atoms with Crippen molar-refractivity contribution in [3.05, 3.63) is 28.5 Å². The highest BCUT2D eigenvalue weighted by molar-refractivity contribution is 7.89. The molecule has 26 heavy (non-hydrogen) atoms. The van der Waals surface area contributed by atoms with Crippen molar-refractivity contribution in [3.8, 4) is 0 Å². The summed E-state index contributed by atoms with van der Waals surface area (Å²) < 4.78 is 41.0. The Morgan fingerprint density at radius 3 is 2.77 bits per heavy atom. The van der Waals surface area contributed by atoms with Gasteiger partial charge >= 0.3 is 0 Å². The molecule has 148 valence electrons. The molecule has 1 aliphatic heterocycles. The van der Waals surface area contributed by atoms with Crippen LogP contribution in [0.4, 0.5) is 4.39 Å². The van der Waals surface area contributed by atoms with Gasteiger partial charge in [0.05, 0.1) is 5.02 Å².